The van der Waals surface area contributed by atoms with Gasteiger partial charge >= 0.3 is 12.0 Å². The first kappa shape index (κ1) is 18.9. The summed E-state index contributed by atoms with van der Waals surface area (Å²) in [6.45, 7) is 8.72. The van der Waals surface area contributed by atoms with Crippen LogP contribution in [0.5, 0.6) is 0 Å². The number of carbonyl (C=O) groups is 2. The largest absolute Gasteiger partial charge is 0.481 e. The second kappa shape index (κ2) is 7.42. The van der Waals surface area contributed by atoms with E-state index in [-0.39, 0.29) is 18.5 Å². The van der Waals surface area contributed by atoms with Crippen LogP contribution in [0.1, 0.15) is 30.2 Å². The number of aromatic nitrogens is 2. The topological polar surface area (TPSA) is 87.5 Å². The first-order chi connectivity index (χ1) is 12.8. The number of hydrogen-bond acceptors (Lipinski definition) is 3. The van der Waals surface area contributed by atoms with Crippen molar-refractivity contribution in [3.8, 4) is 5.69 Å². The lowest BCUT2D eigenvalue weighted by molar-refractivity contribution is -0.143. The maximum Gasteiger partial charge on any atom is 0.321 e. The number of carboxylic acid groups (broad SMARTS) is 1. The zero-order valence-corrected chi connectivity index (χ0v) is 16.2. The molecule has 0 radical (unpaired) electrons. The summed E-state index contributed by atoms with van der Waals surface area (Å²) in [6, 6.07) is 5.88. The molecule has 1 aliphatic rings. The molecule has 27 heavy (non-hydrogen) atoms. The van der Waals surface area contributed by atoms with Crippen LogP contribution < -0.4 is 5.32 Å². The fourth-order valence-electron chi connectivity index (χ4n) is 3.61. The maximum atomic E-state index is 12.7. The summed E-state index contributed by atoms with van der Waals surface area (Å²) in [7, 11) is 0. The third-order valence-electron chi connectivity index (χ3n) is 5.14. The van der Waals surface area contributed by atoms with Crippen LogP contribution >= 0.6 is 0 Å². The molecule has 0 spiro atoms. The Morgan fingerprint density at radius 1 is 1.22 bits per heavy atom. The molecule has 1 fully saturated rings. The van der Waals surface area contributed by atoms with Gasteiger partial charge in [0.05, 0.1) is 29.2 Å². The number of hydrogen-bond donors (Lipinski definition) is 2. The Morgan fingerprint density at radius 3 is 2.67 bits per heavy atom. The molecule has 2 atom stereocenters. The fraction of sp³-hybridized carbons (Fsp3) is 0.450. The Labute approximate surface area is 159 Å². The number of carbonyl (C=O) groups excluding carboxylic acids is 1. The number of carboxylic acids is 1. The van der Waals surface area contributed by atoms with Gasteiger partial charge < -0.3 is 15.3 Å². The third-order valence-corrected chi connectivity index (χ3v) is 5.14. The molecule has 2 unspecified atom stereocenters. The van der Waals surface area contributed by atoms with Crippen molar-refractivity contribution < 1.29 is 14.7 Å². The van der Waals surface area contributed by atoms with E-state index >= 15 is 0 Å². The van der Waals surface area contributed by atoms with Crippen LogP contribution in [-0.4, -0.2) is 44.9 Å². The van der Waals surface area contributed by atoms with E-state index in [9.17, 15) is 14.7 Å². The second-order valence-corrected chi connectivity index (χ2v) is 7.56. The molecule has 2 aromatic rings. The average Bonchev–Trinajstić information content (AvgIpc) is 2.97. The molecule has 0 saturated carbocycles. The van der Waals surface area contributed by atoms with Crippen LogP contribution in [0.2, 0.25) is 0 Å². The predicted molar refractivity (Wildman–Crippen MR) is 103 cm³/mol. The van der Waals surface area contributed by atoms with Crippen molar-refractivity contribution in [3.63, 3.8) is 0 Å². The number of amides is 2. The van der Waals surface area contributed by atoms with Gasteiger partial charge in [-0.25, -0.2) is 9.48 Å². The van der Waals surface area contributed by atoms with Crippen LogP contribution in [0, 0.1) is 32.6 Å². The Balaban J connectivity index is 1.78. The lowest BCUT2D eigenvalue weighted by Crippen LogP contribution is -2.47. The van der Waals surface area contributed by atoms with Gasteiger partial charge in [-0.2, -0.15) is 5.10 Å². The van der Waals surface area contributed by atoms with Crippen LogP contribution in [0.3, 0.4) is 0 Å². The summed E-state index contributed by atoms with van der Waals surface area (Å²) in [6.07, 6.45) is 2.24. The lowest BCUT2D eigenvalue weighted by atomic mass is 9.91. The number of nitrogens with zero attached hydrogens (tertiary/aromatic N) is 3. The molecule has 2 N–H and O–H groups in total. The van der Waals surface area contributed by atoms with Gasteiger partial charge in [-0.3, -0.25) is 4.79 Å². The molecule has 1 aromatic heterocycles. The van der Waals surface area contributed by atoms with E-state index in [0.29, 0.717) is 18.7 Å². The molecular formula is C20H26N4O3. The molecular weight excluding hydrogens is 344 g/mol. The normalized spacial score (nSPS) is 19.8. The molecule has 1 aromatic carbocycles. The highest BCUT2D eigenvalue weighted by atomic mass is 16.4. The standard InChI is InChI=1S/C20H26N4O3/c1-12-5-6-14(3)18(8-12)24-15(4)17(9-21-24)22-20(27)23-10-13(2)7-16(11-23)19(25)26/h5-6,8-9,13,16H,7,10-11H2,1-4H3,(H,22,27)(H,25,26). The molecule has 144 valence electrons. The summed E-state index contributed by atoms with van der Waals surface area (Å²) in [4.78, 5) is 25.6. The second-order valence-electron chi connectivity index (χ2n) is 7.56. The maximum absolute atomic E-state index is 12.7. The molecule has 0 aliphatic carbocycles. The van der Waals surface area contributed by atoms with Crippen molar-refractivity contribution in [2.45, 2.75) is 34.1 Å². The number of aryl methyl sites for hydroxylation is 2. The number of nitrogens with one attached hydrogen (secondary N) is 1. The number of likely N-dealkylation sites (tertiary alicyclic amines) is 1. The van der Waals surface area contributed by atoms with Gasteiger partial charge in [0.25, 0.3) is 0 Å². The summed E-state index contributed by atoms with van der Waals surface area (Å²) < 4.78 is 1.82. The highest BCUT2D eigenvalue weighted by Crippen LogP contribution is 2.25. The summed E-state index contributed by atoms with van der Waals surface area (Å²) in [5, 5.41) is 16.6. The first-order valence-electron chi connectivity index (χ1n) is 9.17. The van der Waals surface area contributed by atoms with Crippen molar-refractivity contribution in [1.82, 2.24) is 14.7 Å². The van der Waals surface area contributed by atoms with Crippen LogP contribution in [0.25, 0.3) is 5.69 Å². The minimum atomic E-state index is -0.849. The molecule has 1 aliphatic heterocycles. The van der Waals surface area contributed by atoms with Crippen molar-refractivity contribution in [1.29, 1.82) is 0 Å². The van der Waals surface area contributed by atoms with Crippen LogP contribution in [0.4, 0.5) is 10.5 Å². The number of piperidine rings is 1. The Kier molecular flexibility index (Phi) is 5.21. The summed E-state index contributed by atoms with van der Waals surface area (Å²) in [5.41, 5.74) is 4.67. The van der Waals surface area contributed by atoms with E-state index in [1.165, 1.54) is 0 Å². The van der Waals surface area contributed by atoms with E-state index in [1.54, 1.807) is 11.1 Å². The van der Waals surface area contributed by atoms with Gasteiger partial charge in [0, 0.05) is 13.1 Å². The summed E-state index contributed by atoms with van der Waals surface area (Å²) >= 11 is 0. The minimum absolute atomic E-state index is 0.157. The molecule has 7 nitrogen and oxygen atoms in total. The third kappa shape index (κ3) is 3.97. The zero-order chi connectivity index (χ0) is 19.7. The van der Waals surface area contributed by atoms with Gasteiger partial charge in [0.15, 0.2) is 0 Å². The van der Waals surface area contributed by atoms with E-state index in [0.717, 1.165) is 22.5 Å². The van der Waals surface area contributed by atoms with Crippen molar-refractivity contribution in [3.05, 3.63) is 41.2 Å². The number of aliphatic carboxylic acids is 1. The van der Waals surface area contributed by atoms with Gasteiger partial charge in [-0.1, -0.05) is 19.1 Å². The Hall–Kier alpha value is -2.83. The highest BCUT2D eigenvalue weighted by Gasteiger charge is 2.32. The molecule has 0 bridgehead atoms. The van der Waals surface area contributed by atoms with Gasteiger partial charge in [-0.15, -0.1) is 0 Å². The Bertz CT molecular complexity index is 874. The van der Waals surface area contributed by atoms with Crippen LogP contribution in [-0.2, 0) is 4.79 Å². The van der Waals surface area contributed by atoms with E-state index in [2.05, 4.69) is 22.5 Å². The van der Waals surface area contributed by atoms with E-state index in [1.807, 2.05) is 38.4 Å². The van der Waals surface area contributed by atoms with Gasteiger partial charge in [-0.05, 0) is 50.3 Å². The number of urea groups is 1. The van der Waals surface area contributed by atoms with Crippen LogP contribution in [0.15, 0.2) is 24.4 Å². The lowest BCUT2D eigenvalue weighted by Gasteiger charge is -2.34. The smallest absolute Gasteiger partial charge is 0.321 e. The minimum Gasteiger partial charge on any atom is -0.481 e. The average molecular weight is 370 g/mol. The van der Waals surface area contributed by atoms with Crippen molar-refractivity contribution in [2.75, 3.05) is 18.4 Å². The first-order valence-corrected chi connectivity index (χ1v) is 9.17. The summed E-state index contributed by atoms with van der Waals surface area (Å²) in [5.74, 6) is -1.21. The molecule has 1 saturated heterocycles. The molecule has 3 rings (SSSR count). The molecule has 7 heteroatoms. The number of rotatable bonds is 3. The van der Waals surface area contributed by atoms with E-state index in [4.69, 9.17) is 0 Å². The fourth-order valence-corrected chi connectivity index (χ4v) is 3.61. The quantitative estimate of drug-likeness (QED) is 0.867. The number of benzene rings is 1. The van der Waals surface area contributed by atoms with Gasteiger partial charge in [0.2, 0.25) is 0 Å². The molecule has 2 heterocycles. The monoisotopic (exact) mass is 370 g/mol. The predicted octanol–water partition coefficient (Wildman–Crippen LogP) is 3.37. The zero-order valence-electron chi connectivity index (χ0n) is 16.2. The Morgan fingerprint density at radius 2 is 1.96 bits per heavy atom. The van der Waals surface area contributed by atoms with Crippen molar-refractivity contribution >= 4 is 17.7 Å². The van der Waals surface area contributed by atoms with Crippen molar-refractivity contribution in [2.24, 2.45) is 11.8 Å². The molecule has 2 amide bonds. The van der Waals surface area contributed by atoms with E-state index < -0.39 is 11.9 Å². The van der Waals surface area contributed by atoms with Gasteiger partial charge in [0.1, 0.15) is 0 Å². The highest BCUT2D eigenvalue weighted by molar-refractivity contribution is 5.90. The number of anilines is 1. The SMILES string of the molecule is Cc1ccc(C)c(-n2ncc(NC(=O)N3CC(C)CC(C(=O)O)C3)c2C)c1.